The third-order valence-electron chi connectivity index (χ3n) is 4.16. The van der Waals surface area contributed by atoms with Crippen LogP contribution in [0.25, 0.3) is 0 Å². The molecule has 0 radical (unpaired) electrons. The maximum Gasteiger partial charge on any atom is 0.251 e. The fraction of sp³-hybridized carbons (Fsp3) is 0.600. The van der Waals surface area contributed by atoms with E-state index in [9.17, 15) is 9.59 Å². The summed E-state index contributed by atoms with van der Waals surface area (Å²) in [6.45, 7) is 7.38. The highest BCUT2D eigenvalue weighted by Crippen LogP contribution is 2.10. The van der Waals surface area contributed by atoms with E-state index in [-0.39, 0.29) is 17.9 Å². The first-order chi connectivity index (χ1) is 12.1. The number of unbranched alkanes of at least 4 members (excludes halogenated alkanes) is 4. The van der Waals surface area contributed by atoms with E-state index in [0.717, 1.165) is 19.4 Å². The number of hydrogen-bond acceptors (Lipinski definition) is 3. The summed E-state index contributed by atoms with van der Waals surface area (Å²) in [7, 11) is 0. The number of anilines is 1. The normalized spacial score (nSPS) is 11.8. The predicted molar refractivity (Wildman–Crippen MR) is 104 cm³/mol. The molecule has 0 saturated heterocycles. The van der Waals surface area contributed by atoms with Gasteiger partial charge in [0.2, 0.25) is 5.91 Å². The highest BCUT2D eigenvalue weighted by atomic mass is 16.2. The van der Waals surface area contributed by atoms with Crippen molar-refractivity contribution < 1.29 is 9.59 Å². The average molecular weight is 348 g/mol. The first kappa shape index (κ1) is 21.2. The van der Waals surface area contributed by atoms with Gasteiger partial charge in [-0.25, -0.2) is 0 Å². The molecular formula is C20H33N3O2. The van der Waals surface area contributed by atoms with Gasteiger partial charge in [-0.15, -0.1) is 0 Å². The first-order valence-electron chi connectivity index (χ1n) is 9.48. The fourth-order valence-electron chi connectivity index (χ4n) is 2.37. The summed E-state index contributed by atoms with van der Waals surface area (Å²) in [5.41, 5.74) is 1.30. The maximum atomic E-state index is 12.0. The Balaban J connectivity index is 2.28. The third kappa shape index (κ3) is 9.25. The molecular weight excluding hydrogens is 314 g/mol. The molecule has 1 aromatic carbocycles. The summed E-state index contributed by atoms with van der Waals surface area (Å²) in [5.74, 6) is -0.151. The van der Waals surface area contributed by atoms with E-state index in [0.29, 0.717) is 17.8 Å². The molecule has 5 nitrogen and oxygen atoms in total. The minimum absolute atomic E-state index is 0.0645. The van der Waals surface area contributed by atoms with E-state index in [1.807, 2.05) is 13.8 Å². The van der Waals surface area contributed by atoms with Crippen LogP contribution in [0.15, 0.2) is 24.3 Å². The molecule has 1 atom stereocenters. The number of carbonyl (C=O) groups excluding carboxylic acids is 2. The Morgan fingerprint density at radius 2 is 1.68 bits per heavy atom. The summed E-state index contributed by atoms with van der Waals surface area (Å²) in [6.07, 6.45) is 7.00. The third-order valence-corrected chi connectivity index (χ3v) is 4.16. The van der Waals surface area contributed by atoms with E-state index in [2.05, 4.69) is 22.9 Å². The van der Waals surface area contributed by atoms with Crippen LogP contribution in [0.1, 0.15) is 69.7 Å². The van der Waals surface area contributed by atoms with Crippen LogP contribution in [0.2, 0.25) is 0 Å². The number of benzene rings is 1. The molecule has 0 fully saturated rings. The Morgan fingerprint density at radius 1 is 1.00 bits per heavy atom. The van der Waals surface area contributed by atoms with E-state index in [1.54, 1.807) is 24.3 Å². The van der Waals surface area contributed by atoms with Gasteiger partial charge in [0.1, 0.15) is 0 Å². The van der Waals surface area contributed by atoms with Crippen LogP contribution in [0.5, 0.6) is 0 Å². The van der Waals surface area contributed by atoms with Gasteiger partial charge in [-0.1, -0.05) is 39.5 Å². The minimum atomic E-state index is -0.0861. The molecule has 5 heteroatoms. The van der Waals surface area contributed by atoms with E-state index in [1.165, 1.54) is 25.7 Å². The molecule has 1 rings (SSSR count). The molecule has 0 bridgehead atoms. The summed E-state index contributed by atoms with van der Waals surface area (Å²) < 4.78 is 0. The van der Waals surface area contributed by atoms with Crippen molar-refractivity contribution in [2.24, 2.45) is 0 Å². The Hall–Kier alpha value is -1.88. The lowest BCUT2D eigenvalue weighted by molar-refractivity contribution is -0.115. The minimum Gasteiger partial charge on any atom is -0.350 e. The Kier molecular flexibility index (Phi) is 10.6. The Morgan fingerprint density at radius 3 is 2.32 bits per heavy atom. The second-order valence-corrected chi connectivity index (χ2v) is 6.50. The van der Waals surface area contributed by atoms with Gasteiger partial charge >= 0.3 is 0 Å². The van der Waals surface area contributed by atoms with Crippen LogP contribution in [-0.4, -0.2) is 30.9 Å². The van der Waals surface area contributed by atoms with E-state index >= 15 is 0 Å². The zero-order chi connectivity index (χ0) is 18.5. The molecule has 0 heterocycles. The molecule has 140 valence electrons. The lowest BCUT2D eigenvalue weighted by Crippen LogP contribution is -2.32. The largest absolute Gasteiger partial charge is 0.350 e. The molecule has 2 amide bonds. The number of amides is 2. The van der Waals surface area contributed by atoms with Gasteiger partial charge in [-0.2, -0.15) is 0 Å². The zero-order valence-corrected chi connectivity index (χ0v) is 15.9. The monoisotopic (exact) mass is 347 g/mol. The number of carbonyl (C=O) groups is 2. The van der Waals surface area contributed by atoms with Crippen molar-refractivity contribution >= 4 is 17.5 Å². The van der Waals surface area contributed by atoms with Crippen molar-refractivity contribution in [3.8, 4) is 0 Å². The number of hydrogen-bond donors (Lipinski definition) is 3. The molecule has 3 N–H and O–H groups in total. The van der Waals surface area contributed by atoms with Gasteiger partial charge < -0.3 is 16.0 Å². The smallest absolute Gasteiger partial charge is 0.251 e. The summed E-state index contributed by atoms with van der Waals surface area (Å²) in [5, 5.41) is 8.92. The second kappa shape index (κ2) is 12.5. The van der Waals surface area contributed by atoms with E-state index < -0.39 is 0 Å². The average Bonchev–Trinajstić information content (AvgIpc) is 2.61. The van der Waals surface area contributed by atoms with Gasteiger partial charge in [0.25, 0.3) is 5.91 Å². The fourth-order valence-corrected chi connectivity index (χ4v) is 2.37. The quantitative estimate of drug-likeness (QED) is 0.505. The standard InChI is InChI=1S/C20H33N3O2/c1-4-6-7-8-9-14-21-15-19(24)23-18-12-10-17(11-13-18)20(25)22-16(3)5-2/h10-13,16,21H,4-9,14-15H2,1-3H3,(H,22,25)(H,23,24). The SMILES string of the molecule is CCCCCCCNCC(=O)Nc1ccc(C(=O)NC(C)CC)cc1. The molecule has 25 heavy (non-hydrogen) atoms. The van der Waals surface area contributed by atoms with Crippen molar-refractivity contribution in [1.29, 1.82) is 0 Å². The molecule has 0 aliphatic heterocycles. The topological polar surface area (TPSA) is 70.2 Å². The molecule has 0 aliphatic rings. The van der Waals surface area contributed by atoms with Crippen molar-refractivity contribution in [3.05, 3.63) is 29.8 Å². The highest BCUT2D eigenvalue weighted by molar-refractivity contribution is 5.96. The van der Waals surface area contributed by atoms with Gasteiger partial charge in [0.05, 0.1) is 6.54 Å². The summed E-state index contributed by atoms with van der Waals surface area (Å²) in [4.78, 5) is 23.9. The molecule has 0 aromatic heterocycles. The number of rotatable bonds is 12. The van der Waals surface area contributed by atoms with Crippen molar-refractivity contribution in [1.82, 2.24) is 10.6 Å². The zero-order valence-electron chi connectivity index (χ0n) is 15.9. The summed E-state index contributed by atoms with van der Waals surface area (Å²) >= 11 is 0. The van der Waals surface area contributed by atoms with Crippen LogP contribution >= 0.6 is 0 Å². The molecule has 1 unspecified atom stereocenters. The lowest BCUT2D eigenvalue weighted by Gasteiger charge is -2.12. The second-order valence-electron chi connectivity index (χ2n) is 6.50. The van der Waals surface area contributed by atoms with Gasteiger partial charge in [-0.05, 0) is 50.6 Å². The molecule has 0 aliphatic carbocycles. The summed E-state index contributed by atoms with van der Waals surface area (Å²) in [6, 6.07) is 7.13. The van der Waals surface area contributed by atoms with Gasteiger partial charge in [0.15, 0.2) is 0 Å². The molecule has 0 spiro atoms. The number of nitrogens with one attached hydrogen (secondary N) is 3. The van der Waals surface area contributed by atoms with Gasteiger partial charge in [-0.3, -0.25) is 9.59 Å². The highest BCUT2D eigenvalue weighted by Gasteiger charge is 2.08. The maximum absolute atomic E-state index is 12.0. The van der Waals surface area contributed by atoms with Crippen LogP contribution < -0.4 is 16.0 Å². The predicted octanol–water partition coefficient (Wildman–Crippen LogP) is 3.71. The van der Waals surface area contributed by atoms with Crippen LogP contribution in [0.4, 0.5) is 5.69 Å². The van der Waals surface area contributed by atoms with Crippen LogP contribution in [-0.2, 0) is 4.79 Å². The molecule has 1 aromatic rings. The lowest BCUT2D eigenvalue weighted by atomic mass is 10.1. The first-order valence-corrected chi connectivity index (χ1v) is 9.48. The van der Waals surface area contributed by atoms with Crippen molar-refractivity contribution in [3.63, 3.8) is 0 Å². The Bertz CT molecular complexity index is 514. The molecule has 0 saturated carbocycles. The van der Waals surface area contributed by atoms with Gasteiger partial charge in [0, 0.05) is 17.3 Å². The van der Waals surface area contributed by atoms with Crippen molar-refractivity contribution in [2.75, 3.05) is 18.4 Å². The van der Waals surface area contributed by atoms with Crippen molar-refractivity contribution in [2.45, 2.75) is 65.3 Å². The van der Waals surface area contributed by atoms with E-state index in [4.69, 9.17) is 0 Å². The van der Waals surface area contributed by atoms with Crippen LogP contribution in [0, 0.1) is 0 Å². The Labute approximate surface area is 152 Å². The van der Waals surface area contributed by atoms with Crippen LogP contribution in [0.3, 0.4) is 0 Å².